The molecule has 26 heavy (non-hydrogen) atoms. The van der Waals surface area contributed by atoms with Crippen LogP contribution in [-0.4, -0.2) is 36.2 Å². The van der Waals surface area contributed by atoms with Crippen molar-refractivity contribution in [2.45, 2.75) is 12.8 Å². The van der Waals surface area contributed by atoms with Crippen LogP contribution in [0.3, 0.4) is 0 Å². The van der Waals surface area contributed by atoms with Gasteiger partial charge in [0.05, 0.1) is 16.8 Å². The van der Waals surface area contributed by atoms with Gasteiger partial charge in [-0.25, -0.2) is 13.4 Å². The zero-order chi connectivity index (χ0) is 18.6. The van der Waals surface area contributed by atoms with Gasteiger partial charge in [-0.15, -0.1) is 0 Å². The molecule has 0 fully saturated rings. The topological polar surface area (TPSA) is 107 Å². The number of aromatic nitrogens is 2. The summed E-state index contributed by atoms with van der Waals surface area (Å²) in [6, 6.07) is 17.4. The lowest BCUT2D eigenvalue weighted by Gasteiger charge is -2.09. The summed E-state index contributed by atoms with van der Waals surface area (Å²) in [5.74, 6) is -0.143. The third-order valence-corrected chi connectivity index (χ3v) is 5.19. The maximum atomic E-state index is 12.0. The van der Waals surface area contributed by atoms with Crippen molar-refractivity contribution in [2.75, 3.05) is 12.3 Å². The van der Waals surface area contributed by atoms with Gasteiger partial charge in [-0.1, -0.05) is 30.3 Å². The molecule has 0 aliphatic carbocycles. The highest BCUT2D eigenvalue weighted by Gasteiger charge is 2.16. The summed E-state index contributed by atoms with van der Waals surface area (Å²) in [6.45, 7) is -0.0353. The number of carbonyl (C=O) groups is 1. The van der Waals surface area contributed by atoms with Gasteiger partial charge in [-0.2, -0.15) is 0 Å². The van der Waals surface area contributed by atoms with Crippen LogP contribution >= 0.6 is 0 Å². The van der Waals surface area contributed by atoms with Gasteiger partial charge in [-0.05, 0) is 24.3 Å². The summed E-state index contributed by atoms with van der Waals surface area (Å²) in [5.41, 5.74) is 7.93. The average molecular weight is 372 g/mol. The summed E-state index contributed by atoms with van der Waals surface area (Å²) < 4.78 is 27.3. The van der Waals surface area contributed by atoms with E-state index in [1.165, 1.54) is 0 Å². The van der Waals surface area contributed by atoms with Crippen LogP contribution < -0.4 is 10.5 Å². The number of rotatable bonds is 7. The first kappa shape index (κ1) is 18.1. The van der Waals surface area contributed by atoms with Gasteiger partial charge in [-0.3, -0.25) is 14.1 Å². The highest BCUT2D eigenvalue weighted by molar-refractivity contribution is 7.90. The first-order valence-electron chi connectivity index (χ1n) is 8.25. The van der Waals surface area contributed by atoms with E-state index in [0.29, 0.717) is 12.2 Å². The molecule has 1 amide bonds. The van der Waals surface area contributed by atoms with Gasteiger partial charge in [0.2, 0.25) is 15.9 Å². The van der Waals surface area contributed by atoms with Gasteiger partial charge in [0.25, 0.3) is 0 Å². The number of nitrogens with zero attached hydrogens (tertiary/aromatic N) is 2. The number of amides is 1. The Labute approximate surface area is 151 Å². The summed E-state index contributed by atoms with van der Waals surface area (Å²) >= 11 is 0. The van der Waals surface area contributed by atoms with Gasteiger partial charge >= 0.3 is 0 Å². The zero-order valence-electron chi connectivity index (χ0n) is 14.1. The molecular weight excluding hydrogens is 352 g/mol. The second-order valence-corrected chi connectivity index (χ2v) is 7.66. The van der Waals surface area contributed by atoms with Crippen molar-refractivity contribution in [3.63, 3.8) is 0 Å². The van der Waals surface area contributed by atoms with Crippen LogP contribution in [-0.2, 0) is 21.2 Å². The molecule has 8 heteroatoms. The van der Waals surface area contributed by atoms with E-state index >= 15 is 0 Å². The normalized spacial score (nSPS) is 11.6. The van der Waals surface area contributed by atoms with Crippen LogP contribution in [0.4, 0.5) is 0 Å². The molecule has 0 aliphatic heterocycles. The van der Waals surface area contributed by atoms with Crippen molar-refractivity contribution in [3.8, 4) is 5.69 Å². The van der Waals surface area contributed by atoms with E-state index in [-0.39, 0.29) is 18.7 Å². The largest absolute Gasteiger partial charge is 0.329 e. The Kier molecular flexibility index (Phi) is 5.34. The molecule has 0 bridgehead atoms. The van der Waals surface area contributed by atoms with Crippen LogP contribution in [0.15, 0.2) is 54.6 Å². The van der Waals surface area contributed by atoms with Crippen LogP contribution in [0.2, 0.25) is 0 Å². The summed E-state index contributed by atoms with van der Waals surface area (Å²) in [5, 5.41) is 0. The van der Waals surface area contributed by atoms with E-state index in [1.54, 1.807) is 0 Å². The fourth-order valence-corrected chi connectivity index (χ4v) is 3.63. The second-order valence-electron chi connectivity index (χ2n) is 5.82. The number of aryl methyl sites for hydroxylation is 1. The molecule has 0 spiro atoms. The fourth-order valence-electron chi connectivity index (χ4n) is 2.76. The number of para-hydroxylation sites is 3. The second kappa shape index (κ2) is 7.67. The van der Waals surface area contributed by atoms with E-state index in [9.17, 15) is 13.2 Å². The van der Waals surface area contributed by atoms with E-state index in [1.807, 2.05) is 63.9 Å². The number of nitrogens with two attached hydrogens (primary N) is 1. The molecule has 0 radical (unpaired) electrons. The maximum Gasteiger partial charge on any atom is 0.236 e. The molecule has 136 valence electrons. The molecule has 0 aliphatic rings. The molecule has 3 N–H and O–H groups in total. The van der Waals surface area contributed by atoms with Crippen molar-refractivity contribution in [3.05, 3.63) is 60.4 Å². The summed E-state index contributed by atoms with van der Waals surface area (Å²) in [4.78, 5) is 16.6. The lowest BCUT2D eigenvalue weighted by Crippen LogP contribution is -2.34. The SMILES string of the molecule is NCCS(=O)(=O)NC(=O)CCc1nc2ccccc2n1-c1ccccc1. The quantitative estimate of drug-likeness (QED) is 0.651. The third kappa shape index (κ3) is 4.09. The number of hydrogen-bond donors (Lipinski definition) is 2. The van der Waals surface area contributed by atoms with Crippen molar-refractivity contribution in [1.29, 1.82) is 0 Å². The fraction of sp³-hybridized carbons (Fsp3) is 0.222. The number of fused-ring (bicyclic) bond motifs is 1. The molecule has 0 atom stereocenters. The minimum Gasteiger partial charge on any atom is -0.329 e. The molecule has 1 heterocycles. The number of sulfonamides is 1. The van der Waals surface area contributed by atoms with Gasteiger partial charge in [0.15, 0.2) is 0 Å². The standard InChI is InChI=1S/C18H20N4O3S/c19-12-13-26(24,25)21-18(23)11-10-17-20-15-8-4-5-9-16(15)22(17)14-6-2-1-3-7-14/h1-9H,10-13,19H2,(H,21,23). The molecule has 1 aromatic heterocycles. The Balaban J connectivity index is 1.85. The van der Waals surface area contributed by atoms with Crippen LogP contribution in [0.25, 0.3) is 16.7 Å². The monoisotopic (exact) mass is 372 g/mol. The van der Waals surface area contributed by atoms with Gasteiger partial charge < -0.3 is 5.73 Å². The highest BCUT2D eigenvalue weighted by atomic mass is 32.2. The molecule has 7 nitrogen and oxygen atoms in total. The number of imidazole rings is 1. The Morgan fingerprint density at radius 3 is 2.50 bits per heavy atom. The summed E-state index contributed by atoms with van der Waals surface area (Å²) in [7, 11) is -3.67. The van der Waals surface area contributed by atoms with E-state index in [2.05, 4.69) is 4.98 Å². The first-order valence-corrected chi connectivity index (χ1v) is 9.90. The number of benzene rings is 2. The third-order valence-electron chi connectivity index (χ3n) is 3.88. The van der Waals surface area contributed by atoms with Crippen LogP contribution in [0, 0.1) is 0 Å². The van der Waals surface area contributed by atoms with Gasteiger partial charge in [0.1, 0.15) is 5.82 Å². The van der Waals surface area contributed by atoms with Crippen LogP contribution in [0.1, 0.15) is 12.2 Å². The minimum atomic E-state index is -3.67. The minimum absolute atomic E-state index is 0.0138. The van der Waals surface area contributed by atoms with Gasteiger partial charge in [0, 0.05) is 25.1 Å². The molecule has 3 rings (SSSR count). The molecule has 0 saturated carbocycles. The summed E-state index contributed by atoms with van der Waals surface area (Å²) in [6.07, 6.45) is 0.327. The number of carbonyl (C=O) groups excluding carboxylic acids is 1. The van der Waals surface area contributed by atoms with E-state index in [0.717, 1.165) is 16.7 Å². The van der Waals surface area contributed by atoms with Crippen molar-refractivity contribution in [2.24, 2.45) is 5.73 Å². The highest BCUT2D eigenvalue weighted by Crippen LogP contribution is 2.22. The lowest BCUT2D eigenvalue weighted by molar-refractivity contribution is -0.119. The molecule has 3 aromatic rings. The number of nitrogens with one attached hydrogen (secondary N) is 1. The Hall–Kier alpha value is -2.71. The Morgan fingerprint density at radius 1 is 1.08 bits per heavy atom. The molecule has 0 saturated heterocycles. The molecule has 2 aromatic carbocycles. The Bertz CT molecular complexity index is 1010. The predicted molar refractivity (Wildman–Crippen MR) is 100 cm³/mol. The van der Waals surface area contributed by atoms with Crippen molar-refractivity contribution < 1.29 is 13.2 Å². The Morgan fingerprint density at radius 2 is 1.77 bits per heavy atom. The average Bonchev–Trinajstić information content (AvgIpc) is 2.98. The van der Waals surface area contributed by atoms with Crippen molar-refractivity contribution >= 4 is 27.0 Å². The zero-order valence-corrected chi connectivity index (χ0v) is 14.9. The smallest absolute Gasteiger partial charge is 0.236 e. The van der Waals surface area contributed by atoms with Crippen molar-refractivity contribution in [1.82, 2.24) is 14.3 Å². The predicted octanol–water partition coefficient (Wildman–Crippen LogP) is 1.36. The number of hydrogen-bond acceptors (Lipinski definition) is 5. The molecular formula is C18H20N4O3S. The van der Waals surface area contributed by atoms with Crippen LogP contribution in [0.5, 0.6) is 0 Å². The first-order chi connectivity index (χ1) is 12.5. The lowest BCUT2D eigenvalue weighted by atomic mass is 10.2. The molecule has 0 unspecified atom stereocenters. The van der Waals surface area contributed by atoms with E-state index in [4.69, 9.17) is 5.73 Å². The van der Waals surface area contributed by atoms with E-state index < -0.39 is 15.9 Å². The maximum absolute atomic E-state index is 12.0.